The Hall–Kier alpha value is -0.540. The molecule has 1 nitrogen and oxygen atoms in total. The number of thioether (sulfide) groups is 1. The summed E-state index contributed by atoms with van der Waals surface area (Å²) in [6.45, 7) is 9.57. The maximum absolute atomic E-state index is 13.4. The maximum atomic E-state index is 13.4. The van der Waals surface area contributed by atoms with Gasteiger partial charge in [-0.05, 0) is 62.3 Å². The van der Waals surface area contributed by atoms with Crippen LogP contribution in [0, 0.1) is 5.82 Å². The molecule has 0 spiro atoms. The summed E-state index contributed by atoms with van der Waals surface area (Å²) in [5.74, 6) is 2.52. The number of benzene rings is 1. The van der Waals surface area contributed by atoms with Crippen LogP contribution in [0.25, 0.3) is 0 Å². The average molecular weight is 283 g/mol. The van der Waals surface area contributed by atoms with E-state index in [1.165, 1.54) is 6.07 Å². The van der Waals surface area contributed by atoms with Crippen LogP contribution in [0.5, 0.6) is 0 Å². The monoisotopic (exact) mass is 283 g/mol. The second-order valence-corrected chi connectivity index (χ2v) is 7.26. The number of nitrogens with one attached hydrogen (secondary N) is 1. The van der Waals surface area contributed by atoms with Gasteiger partial charge >= 0.3 is 0 Å². The highest BCUT2D eigenvalue weighted by Crippen LogP contribution is 2.22. The molecule has 0 radical (unpaired) electrons. The Kier molecular flexibility index (Phi) is 6.87. The van der Waals surface area contributed by atoms with Gasteiger partial charge in [-0.3, -0.25) is 0 Å². The van der Waals surface area contributed by atoms with Crippen LogP contribution in [-0.4, -0.2) is 23.6 Å². The molecule has 1 atom stereocenters. The fourth-order valence-corrected chi connectivity index (χ4v) is 2.69. The molecule has 0 aliphatic heterocycles. The minimum Gasteiger partial charge on any atom is -0.311 e. The second kappa shape index (κ2) is 7.91. The predicted molar refractivity (Wildman–Crippen MR) is 84.5 cm³/mol. The lowest BCUT2D eigenvalue weighted by Crippen LogP contribution is -2.38. The minimum atomic E-state index is -0.138. The van der Waals surface area contributed by atoms with Gasteiger partial charge in [0.25, 0.3) is 0 Å². The molecule has 0 aromatic heterocycles. The summed E-state index contributed by atoms with van der Waals surface area (Å²) in [6, 6.07) is 7.03. The van der Waals surface area contributed by atoms with Gasteiger partial charge in [0.1, 0.15) is 5.82 Å². The highest BCUT2D eigenvalue weighted by atomic mass is 32.2. The van der Waals surface area contributed by atoms with Crippen LogP contribution in [0.3, 0.4) is 0 Å². The van der Waals surface area contributed by atoms with E-state index in [-0.39, 0.29) is 11.4 Å². The van der Waals surface area contributed by atoms with E-state index in [1.807, 2.05) is 23.9 Å². The molecule has 1 N–H and O–H groups in total. The summed E-state index contributed by atoms with van der Waals surface area (Å²) in [5.41, 5.74) is 1.21. The van der Waals surface area contributed by atoms with Crippen LogP contribution < -0.4 is 5.32 Å². The molecule has 0 saturated heterocycles. The molecule has 1 aromatic rings. The molecule has 1 rings (SSSR count). The third-order valence-electron chi connectivity index (χ3n) is 3.01. The Morgan fingerprint density at radius 1 is 1.32 bits per heavy atom. The lowest BCUT2D eigenvalue weighted by molar-refractivity contribution is 0.403. The normalized spacial score (nSPS) is 13.5. The fourth-order valence-electron chi connectivity index (χ4n) is 1.95. The van der Waals surface area contributed by atoms with E-state index in [9.17, 15) is 4.39 Å². The second-order valence-electron chi connectivity index (χ2n) is 5.87. The van der Waals surface area contributed by atoms with Crippen LogP contribution in [-0.2, 0) is 0 Å². The van der Waals surface area contributed by atoms with Crippen molar-refractivity contribution < 1.29 is 4.39 Å². The van der Waals surface area contributed by atoms with Gasteiger partial charge in [-0.1, -0.05) is 19.1 Å². The van der Waals surface area contributed by atoms with Gasteiger partial charge in [0.15, 0.2) is 0 Å². The van der Waals surface area contributed by atoms with Crippen LogP contribution in [0.2, 0.25) is 0 Å². The van der Waals surface area contributed by atoms with Gasteiger partial charge in [0.2, 0.25) is 0 Å². The molecule has 0 amide bonds. The summed E-state index contributed by atoms with van der Waals surface area (Å²) in [4.78, 5) is 0. The van der Waals surface area contributed by atoms with E-state index in [2.05, 4.69) is 33.0 Å². The first kappa shape index (κ1) is 16.5. The van der Waals surface area contributed by atoms with Crippen molar-refractivity contribution in [2.24, 2.45) is 0 Å². The molecule has 0 aliphatic carbocycles. The lowest BCUT2D eigenvalue weighted by atomic mass is 9.95. The zero-order valence-electron chi connectivity index (χ0n) is 12.5. The summed E-state index contributed by atoms with van der Waals surface area (Å²) < 4.78 is 13.4. The Balaban J connectivity index is 2.68. The van der Waals surface area contributed by atoms with Crippen LogP contribution >= 0.6 is 11.8 Å². The van der Waals surface area contributed by atoms with E-state index >= 15 is 0 Å². The van der Waals surface area contributed by atoms with Gasteiger partial charge in [0, 0.05) is 12.1 Å². The highest BCUT2D eigenvalue weighted by molar-refractivity contribution is 7.99. The molecule has 1 unspecified atom stereocenters. The average Bonchev–Trinajstić information content (AvgIpc) is 2.32. The van der Waals surface area contributed by atoms with Gasteiger partial charge in [-0.15, -0.1) is 0 Å². The van der Waals surface area contributed by atoms with Gasteiger partial charge in [-0.2, -0.15) is 11.8 Å². The molecule has 3 heteroatoms. The maximum Gasteiger partial charge on any atom is 0.123 e. The highest BCUT2D eigenvalue weighted by Gasteiger charge is 2.16. The van der Waals surface area contributed by atoms with Gasteiger partial charge in [0.05, 0.1) is 0 Å². The Morgan fingerprint density at radius 2 is 2.05 bits per heavy atom. The number of hydrogen-bond acceptors (Lipinski definition) is 2. The molecule has 0 bridgehead atoms. The van der Waals surface area contributed by atoms with Crippen LogP contribution in [0.1, 0.15) is 45.6 Å². The number of hydrogen-bond donors (Lipinski definition) is 1. The van der Waals surface area contributed by atoms with Crippen molar-refractivity contribution in [1.29, 1.82) is 0 Å². The first-order valence-electron chi connectivity index (χ1n) is 7.00. The van der Waals surface area contributed by atoms with E-state index in [0.29, 0.717) is 5.92 Å². The first-order valence-corrected chi connectivity index (χ1v) is 8.16. The largest absolute Gasteiger partial charge is 0.311 e. The molecule has 108 valence electrons. The van der Waals surface area contributed by atoms with Crippen molar-refractivity contribution in [3.63, 3.8) is 0 Å². The third-order valence-corrected chi connectivity index (χ3v) is 3.95. The smallest absolute Gasteiger partial charge is 0.123 e. The molecule has 19 heavy (non-hydrogen) atoms. The first-order chi connectivity index (χ1) is 8.92. The fraction of sp³-hybridized carbons (Fsp3) is 0.625. The van der Waals surface area contributed by atoms with Crippen molar-refractivity contribution in [2.45, 2.75) is 45.6 Å². The predicted octanol–water partition coefficient (Wildman–Crippen LogP) is 4.44. The van der Waals surface area contributed by atoms with E-state index in [4.69, 9.17) is 0 Å². The Morgan fingerprint density at radius 3 is 2.63 bits per heavy atom. The number of halogens is 1. The number of rotatable bonds is 7. The lowest BCUT2D eigenvalue weighted by Gasteiger charge is -2.25. The molecule has 0 fully saturated rings. The quantitative estimate of drug-likeness (QED) is 0.742. The SMILES string of the molecule is CCSCCC(CNC(C)(C)C)c1cccc(F)c1. The van der Waals surface area contributed by atoms with Gasteiger partial charge < -0.3 is 5.32 Å². The van der Waals surface area contributed by atoms with Crippen molar-refractivity contribution in [3.05, 3.63) is 35.6 Å². The van der Waals surface area contributed by atoms with Gasteiger partial charge in [-0.25, -0.2) is 4.39 Å². The summed E-state index contributed by atoms with van der Waals surface area (Å²) in [5, 5.41) is 3.54. The standard InChI is InChI=1S/C16H26FNS/c1-5-19-10-9-14(12-18-16(2,3)4)13-7-6-8-15(17)11-13/h6-8,11,14,18H,5,9-10,12H2,1-4H3. The summed E-state index contributed by atoms with van der Waals surface area (Å²) in [7, 11) is 0. The van der Waals surface area contributed by atoms with E-state index in [0.717, 1.165) is 30.0 Å². The summed E-state index contributed by atoms with van der Waals surface area (Å²) in [6.07, 6.45) is 1.09. The molecule has 0 saturated carbocycles. The van der Waals surface area contributed by atoms with Crippen molar-refractivity contribution in [3.8, 4) is 0 Å². The zero-order chi connectivity index (χ0) is 14.3. The van der Waals surface area contributed by atoms with E-state index < -0.39 is 0 Å². The zero-order valence-corrected chi connectivity index (χ0v) is 13.3. The molecular formula is C16H26FNS. The van der Waals surface area contributed by atoms with Crippen molar-refractivity contribution in [2.75, 3.05) is 18.1 Å². The molecule has 1 aromatic carbocycles. The molecule has 0 heterocycles. The Bertz CT molecular complexity index is 373. The third kappa shape index (κ3) is 6.98. The van der Waals surface area contributed by atoms with Crippen LogP contribution in [0.15, 0.2) is 24.3 Å². The van der Waals surface area contributed by atoms with Crippen LogP contribution in [0.4, 0.5) is 4.39 Å². The summed E-state index contributed by atoms with van der Waals surface area (Å²) >= 11 is 1.95. The molecule has 0 aliphatic rings. The topological polar surface area (TPSA) is 12.0 Å². The Labute approximate surface area is 121 Å². The molecular weight excluding hydrogens is 257 g/mol. The van der Waals surface area contributed by atoms with E-state index in [1.54, 1.807) is 6.07 Å². The minimum absolute atomic E-state index is 0.101. The van der Waals surface area contributed by atoms with Crippen molar-refractivity contribution in [1.82, 2.24) is 5.32 Å². The van der Waals surface area contributed by atoms with Crippen molar-refractivity contribution >= 4 is 11.8 Å².